The minimum atomic E-state index is -0.832. The highest BCUT2D eigenvalue weighted by molar-refractivity contribution is 7.13. The third kappa shape index (κ3) is 2.09. The van der Waals surface area contributed by atoms with Crippen LogP contribution in [0.4, 0.5) is 0 Å². The molecule has 3 heterocycles. The van der Waals surface area contributed by atoms with Gasteiger partial charge in [0.05, 0.1) is 10.4 Å². The first kappa shape index (κ1) is 12.8. The Balaban J connectivity index is 2.19. The Labute approximate surface area is 121 Å². The molecule has 100 valence electrons. The van der Waals surface area contributed by atoms with Gasteiger partial charge >= 0.3 is 5.63 Å². The fourth-order valence-corrected chi connectivity index (χ4v) is 3.20. The lowest BCUT2D eigenvalue weighted by Crippen LogP contribution is -2.14. The van der Waals surface area contributed by atoms with Crippen molar-refractivity contribution < 1.29 is 14.3 Å². The molecule has 0 aliphatic carbocycles. The number of aromatic hydroxyl groups is 1. The van der Waals surface area contributed by atoms with Crippen LogP contribution in [0.1, 0.15) is 15.2 Å². The van der Waals surface area contributed by atoms with E-state index >= 15 is 0 Å². The number of carbonyl (C=O) groups is 1. The number of hydrogen-bond acceptors (Lipinski definition) is 6. The molecule has 3 aromatic heterocycles. The standard InChI is InChI=1S/C14H8O4S2/c15-12-8(9-3-1-5-19-9)7-18-14(17)11(12)13(16)10-4-2-6-20-10/h1-7,15H. The van der Waals surface area contributed by atoms with E-state index < -0.39 is 11.4 Å². The fraction of sp³-hybridized carbons (Fsp3) is 0. The van der Waals surface area contributed by atoms with Crippen molar-refractivity contribution in [2.75, 3.05) is 0 Å². The van der Waals surface area contributed by atoms with Crippen LogP contribution in [0.5, 0.6) is 5.75 Å². The normalized spacial score (nSPS) is 10.6. The molecule has 0 unspecified atom stereocenters. The van der Waals surface area contributed by atoms with Crippen molar-refractivity contribution >= 4 is 28.5 Å². The highest BCUT2D eigenvalue weighted by Crippen LogP contribution is 2.34. The van der Waals surface area contributed by atoms with E-state index in [1.807, 2.05) is 11.4 Å². The summed E-state index contributed by atoms with van der Waals surface area (Å²) in [4.78, 5) is 25.1. The van der Waals surface area contributed by atoms with Crippen molar-refractivity contribution in [3.05, 3.63) is 62.1 Å². The van der Waals surface area contributed by atoms with Gasteiger partial charge in [0.2, 0.25) is 5.78 Å². The lowest BCUT2D eigenvalue weighted by atomic mass is 10.1. The molecule has 0 amide bonds. The Kier molecular flexibility index (Phi) is 3.25. The molecule has 0 saturated heterocycles. The van der Waals surface area contributed by atoms with Crippen LogP contribution in [-0.4, -0.2) is 10.9 Å². The SMILES string of the molecule is O=C(c1cccs1)c1c(O)c(-c2cccs2)coc1=O. The maximum Gasteiger partial charge on any atom is 0.350 e. The van der Waals surface area contributed by atoms with Crippen molar-refractivity contribution in [3.63, 3.8) is 0 Å². The first-order valence-corrected chi connectivity index (χ1v) is 7.41. The van der Waals surface area contributed by atoms with Gasteiger partial charge in [0.25, 0.3) is 0 Å². The lowest BCUT2D eigenvalue weighted by Gasteiger charge is -2.05. The molecule has 0 saturated carbocycles. The third-order valence-corrected chi connectivity index (χ3v) is 4.51. The van der Waals surface area contributed by atoms with Gasteiger partial charge in [0.1, 0.15) is 12.0 Å². The molecule has 0 bridgehead atoms. The second-order valence-corrected chi connectivity index (χ2v) is 5.84. The Morgan fingerprint density at radius 3 is 2.55 bits per heavy atom. The molecule has 20 heavy (non-hydrogen) atoms. The Morgan fingerprint density at radius 2 is 1.90 bits per heavy atom. The van der Waals surface area contributed by atoms with Gasteiger partial charge in [-0.3, -0.25) is 4.79 Å². The van der Waals surface area contributed by atoms with Gasteiger partial charge in [-0.25, -0.2) is 4.79 Å². The van der Waals surface area contributed by atoms with Gasteiger partial charge in [0.15, 0.2) is 5.56 Å². The van der Waals surface area contributed by atoms with E-state index in [1.165, 1.54) is 28.9 Å². The predicted octanol–water partition coefficient (Wildman–Crippen LogP) is 3.37. The van der Waals surface area contributed by atoms with Gasteiger partial charge in [0, 0.05) is 4.88 Å². The van der Waals surface area contributed by atoms with Gasteiger partial charge in [-0.2, -0.15) is 0 Å². The Hall–Kier alpha value is -2.18. The Bertz CT molecular complexity index is 798. The second-order valence-electron chi connectivity index (χ2n) is 3.94. The van der Waals surface area contributed by atoms with E-state index in [0.29, 0.717) is 10.4 Å². The zero-order valence-electron chi connectivity index (χ0n) is 10.0. The topological polar surface area (TPSA) is 67.5 Å². The van der Waals surface area contributed by atoms with Crippen molar-refractivity contribution in [2.45, 2.75) is 0 Å². The predicted molar refractivity (Wildman–Crippen MR) is 77.7 cm³/mol. The second kappa shape index (κ2) is 5.07. The summed E-state index contributed by atoms with van der Waals surface area (Å²) in [7, 11) is 0. The van der Waals surface area contributed by atoms with Gasteiger partial charge < -0.3 is 9.52 Å². The average molecular weight is 304 g/mol. The molecule has 3 rings (SSSR count). The van der Waals surface area contributed by atoms with Crippen LogP contribution < -0.4 is 5.63 Å². The van der Waals surface area contributed by atoms with Crippen LogP contribution in [0, 0.1) is 0 Å². The summed E-state index contributed by atoms with van der Waals surface area (Å²) in [5.74, 6) is -0.855. The first-order chi connectivity index (χ1) is 9.68. The summed E-state index contributed by atoms with van der Waals surface area (Å²) in [6, 6.07) is 6.90. The highest BCUT2D eigenvalue weighted by Gasteiger charge is 2.23. The minimum Gasteiger partial charge on any atom is -0.506 e. The molecule has 0 spiro atoms. The van der Waals surface area contributed by atoms with Crippen molar-refractivity contribution in [2.24, 2.45) is 0 Å². The summed E-state index contributed by atoms with van der Waals surface area (Å²) < 4.78 is 4.89. The third-order valence-electron chi connectivity index (χ3n) is 2.74. The van der Waals surface area contributed by atoms with E-state index in [-0.39, 0.29) is 11.3 Å². The molecule has 1 N–H and O–H groups in total. The van der Waals surface area contributed by atoms with Crippen molar-refractivity contribution in [3.8, 4) is 16.2 Å². The molecule has 6 heteroatoms. The van der Waals surface area contributed by atoms with Crippen molar-refractivity contribution in [1.29, 1.82) is 0 Å². The van der Waals surface area contributed by atoms with Gasteiger partial charge in [-0.1, -0.05) is 12.1 Å². The molecule has 0 aromatic carbocycles. The number of ketones is 1. The van der Waals surface area contributed by atoms with E-state index in [0.717, 1.165) is 4.88 Å². The van der Waals surface area contributed by atoms with Gasteiger partial charge in [-0.05, 0) is 22.9 Å². The monoisotopic (exact) mass is 304 g/mol. The molecular weight excluding hydrogens is 296 g/mol. The van der Waals surface area contributed by atoms with E-state index in [9.17, 15) is 14.7 Å². The number of rotatable bonds is 3. The van der Waals surface area contributed by atoms with Crippen molar-refractivity contribution in [1.82, 2.24) is 0 Å². The average Bonchev–Trinajstić information content (AvgIpc) is 3.12. The number of thiophene rings is 2. The maximum absolute atomic E-state index is 12.3. The van der Waals surface area contributed by atoms with Gasteiger partial charge in [-0.15, -0.1) is 22.7 Å². The molecule has 3 aromatic rings. The van der Waals surface area contributed by atoms with Crippen LogP contribution in [0.25, 0.3) is 10.4 Å². The van der Waals surface area contributed by atoms with E-state index in [4.69, 9.17) is 4.42 Å². The maximum atomic E-state index is 12.3. The van der Waals surface area contributed by atoms with E-state index in [2.05, 4.69) is 0 Å². The molecule has 4 nitrogen and oxygen atoms in total. The zero-order valence-corrected chi connectivity index (χ0v) is 11.7. The highest BCUT2D eigenvalue weighted by atomic mass is 32.1. The number of carbonyl (C=O) groups excluding carboxylic acids is 1. The van der Waals surface area contributed by atoms with Crippen LogP contribution >= 0.6 is 22.7 Å². The minimum absolute atomic E-state index is 0.321. The van der Waals surface area contributed by atoms with Crippen LogP contribution in [-0.2, 0) is 0 Å². The summed E-state index contributed by atoms with van der Waals surface area (Å²) in [6.45, 7) is 0. The van der Waals surface area contributed by atoms with Crippen LogP contribution in [0.15, 0.2) is 50.5 Å². The molecule has 0 fully saturated rings. The molecular formula is C14H8O4S2. The fourth-order valence-electron chi connectivity index (χ4n) is 1.80. The summed E-state index contributed by atoms with van der Waals surface area (Å²) >= 11 is 2.59. The molecule has 0 radical (unpaired) electrons. The zero-order chi connectivity index (χ0) is 14.1. The quantitative estimate of drug-likeness (QED) is 0.753. The molecule has 0 aliphatic rings. The molecule has 0 atom stereocenters. The smallest absolute Gasteiger partial charge is 0.350 e. The van der Waals surface area contributed by atoms with E-state index in [1.54, 1.807) is 23.6 Å². The van der Waals surface area contributed by atoms with Crippen LogP contribution in [0.3, 0.4) is 0 Å². The Morgan fingerprint density at radius 1 is 1.15 bits per heavy atom. The lowest BCUT2D eigenvalue weighted by molar-refractivity contribution is 0.103. The largest absolute Gasteiger partial charge is 0.506 e. The molecule has 0 aliphatic heterocycles. The summed E-state index contributed by atoms with van der Waals surface area (Å²) in [6.07, 6.45) is 1.18. The summed E-state index contributed by atoms with van der Waals surface area (Å²) in [5.41, 5.74) is -0.806. The summed E-state index contributed by atoms with van der Waals surface area (Å²) in [5, 5.41) is 13.8. The number of hydrogen-bond donors (Lipinski definition) is 1. The first-order valence-electron chi connectivity index (χ1n) is 5.65. The van der Waals surface area contributed by atoms with Crippen LogP contribution in [0.2, 0.25) is 0 Å².